The molecule has 1 heterocycles. The SMILES string of the molecule is COc1ccc(/C=C/C(=O)NC(=O)c2cc3cc(Cl)ccc3oc2=O)cc1. The number of ether oxygens (including phenoxy) is 1. The van der Waals surface area contributed by atoms with Gasteiger partial charge in [-0.05, 0) is 48.0 Å². The van der Waals surface area contributed by atoms with Gasteiger partial charge >= 0.3 is 5.63 Å². The molecule has 2 aromatic carbocycles. The van der Waals surface area contributed by atoms with E-state index < -0.39 is 17.4 Å². The summed E-state index contributed by atoms with van der Waals surface area (Å²) in [6.07, 6.45) is 2.73. The standard InChI is InChI=1S/C20H14ClNO5/c1-26-15-6-2-12(3-7-15)4-9-18(23)22-19(24)16-11-13-10-14(21)5-8-17(13)27-20(16)25/h2-11H,1H3,(H,22,23,24)/b9-4+. The molecule has 3 aromatic rings. The predicted molar refractivity (Wildman–Crippen MR) is 102 cm³/mol. The first-order valence-corrected chi connectivity index (χ1v) is 8.25. The van der Waals surface area contributed by atoms with Gasteiger partial charge in [-0.15, -0.1) is 0 Å². The Morgan fingerprint density at radius 1 is 1.11 bits per heavy atom. The highest BCUT2D eigenvalue weighted by atomic mass is 35.5. The molecule has 0 fully saturated rings. The van der Waals surface area contributed by atoms with Crippen LogP contribution < -0.4 is 15.7 Å². The summed E-state index contributed by atoms with van der Waals surface area (Å²) < 4.78 is 10.1. The monoisotopic (exact) mass is 383 g/mol. The van der Waals surface area contributed by atoms with Gasteiger partial charge in [-0.1, -0.05) is 23.7 Å². The van der Waals surface area contributed by atoms with E-state index in [9.17, 15) is 14.4 Å². The third-order valence-corrected chi connectivity index (χ3v) is 3.95. The number of rotatable bonds is 4. The maximum Gasteiger partial charge on any atom is 0.349 e. The molecular formula is C20H14ClNO5. The van der Waals surface area contributed by atoms with Crippen LogP contribution in [0, 0.1) is 0 Å². The number of halogens is 1. The van der Waals surface area contributed by atoms with E-state index in [1.807, 2.05) is 0 Å². The number of nitrogens with one attached hydrogen (secondary N) is 1. The Hall–Kier alpha value is -3.38. The fraction of sp³-hybridized carbons (Fsp3) is 0.0500. The van der Waals surface area contributed by atoms with Crippen LogP contribution >= 0.6 is 11.6 Å². The second-order valence-corrected chi connectivity index (χ2v) is 5.99. The lowest BCUT2D eigenvalue weighted by Crippen LogP contribution is -2.32. The van der Waals surface area contributed by atoms with Crippen LogP contribution in [0.2, 0.25) is 5.02 Å². The molecule has 1 aromatic heterocycles. The van der Waals surface area contributed by atoms with Gasteiger partial charge in [0.25, 0.3) is 11.8 Å². The second kappa shape index (κ2) is 7.88. The summed E-state index contributed by atoms with van der Waals surface area (Å²) in [5.41, 5.74) is -0.0739. The van der Waals surface area contributed by atoms with Crippen molar-refractivity contribution in [2.24, 2.45) is 0 Å². The minimum atomic E-state index is -0.852. The van der Waals surface area contributed by atoms with Crippen LogP contribution in [-0.2, 0) is 4.79 Å². The third kappa shape index (κ3) is 4.43. The van der Waals surface area contributed by atoms with Crippen LogP contribution in [0.5, 0.6) is 5.75 Å². The minimum absolute atomic E-state index is 0.282. The molecule has 7 heteroatoms. The molecule has 0 radical (unpaired) electrons. The Labute approximate surface area is 159 Å². The average Bonchev–Trinajstić information content (AvgIpc) is 2.66. The summed E-state index contributed by atoms with van der Waals surface area (Å²) in [5, 5.41) is 3.04. The van der Waals surface area contributed by atoms with Crippen molar-refractivity contribution in [2.45, 2.75) is 0 Å². The Kier molecular flexibility index (Phi) is 5.38. The lowest BCUT2D eigenvalue weighted by atomic mass is 10.1. The van der Waals surface area contributed by atoms with Crippen molar-refractivity contribution >= 4 is 40.5 Å². The zero-order valence-corrected chi connectivity index (χ0v) is 14.9. The van der Waals surface area contributed by atoms with Crippen molar-refractivity contribution < 1.29 is 18.7 Å². The van der Waals surface area contributed by atoms with Crippen LogP contribution in [0.25, 0.3) is 17.0 Å². The van der Waals surface area contributed by atoms with Crippen molar-refractivity contribution in [3.8, 4) is 5.75 Å². The third-order valence-electron chi connectivity index (χ3n) is 3.72. The average molecular weight is 384 g/mol. The van der Waals surface area contributed by atoms with Gasteiger partial charge in [-0.25, -0.2) is 4.79 Å². The van der Waals surface area contributed by atoms with E-state index in [0.29, 0.717) is 21.7 Å². The Bertz CT molecular complexity index is 1100. The van der Waals surface area contributed by atoms with Crippen molar-refractivity contribution in [3.63, 3.8) is 0 Å². The molecule has 2 amide bonds. The van der Waals surface area contributed by atoms with E-state index in [1.165, 1.54) is 24.3 Å². The fourth-order valence-corrected chi connectivity index (χ4v) is 2.54. The molecular weight excluding hydrogens is 370 g/mol. The number of fused-ring (bicyclic) bond motifs is 1. The van der Waals surface area contributed by atoms with Crippen molar-refractivity contribution in [1.29, 1.82) is 0 Å². The highest BCUT2D eigenvalue weighted by molar-refractivity contribution is 6.31. The van der Waals surface area contributed by atoms with Crippen molar-refractivity contribution in [1.82, 2.24) is 5.32 Å². The first kappa shape index (κ1) is 18.4. The van der Waals surface area contributed by atoms with E-state index in [1.54, 1.807) is 43.5 Å². The van der Waals surface area contributed by atoms with E-state index >= 15 is 0 Å². The maximum absolute atomic E-state index is 12.2. The quantitative estimate of drug-likeness (QED) is 0.551. The van der Waals surface area contributed by atoms with Crippen LogP contribution in [0.15, 0.2) is 63.8 Å². The van der Waals surface area contributed by atoms with Crippen LogP contribution in [0.4, 0.5) is 0 Å². The molecule has 0 aliphatic carbocycles. The van der Waals surface area contributed by atoms with Crippen molar-refractivity contribution in [3.05, 3.63) is 81.2 Å². The summed E-state index contributed by atoms with van der Waals surface area (Å²) in [5.74, 6) is -0.827. The number of amides is 2. The zero-order chi connectivity index (χ0) is 19.4. The fourth-order valence-electron chi connectivity index (χ4n) is 2.36. The lowest BCUT2D eigenvalue weighted by molar-refractivity contribution is -0.115. The van der Waals surface area contributed by atoms with E-state index in [0.717, 1.165) is 5.56 Å². The number of carbonyl (C=O) groups is 2. The molecule has 0 spiro atoms. The highest BCUT2D eigenvalue weighted by Crippen LogP contribution is 2.18. The maximum atomic E-state index is 12.2. The van der Waals surface area contributed by atoms with E-state index in [-0.39, 0.29) is 5.56 Å². The minimum Gasteiger partial charge on any atom is -0.497 e. The molecule has 0 aliphatic rings. The van der Waals surface area contributed by atoms with Crippen LogP contribution in [0.1, 0.15) is 15.9 Å². The Morgan fingerprint density at radius 2 is 1.85 bits per heavy atom. The largest absolute Gasteiger partial charge is 0.497 e. The summed E-state index contributed by atoms with van der Waals surface area (Å²) in [7, 11) is 1.56. The molecule has 0 atom stereocenters. The highest BCUT2D eigenvalue weighted by Gasteiger charge is 2.15. The Morgan fingerprint density at radius 3 is 2.56 bits per heavy atom. The van der Waals surface area contributed by atoms with Gasteiger partial charge in [0.15, 0.2) is 0 Å². The number of hydrogen-bond acceptors (Lipinski definition) is 5. The van der Waals surface area contributed by atoms with Gasteiger partial charge in [-0.3, -0.25) is 14.9 Å². The summed E-state index contributed by atoms with van der Waals surface area (Å²) >= 11 is 5.90. The zero-order valence-electron chi connectivity index (χ0n) is 14.2. The van der Waals surface area contributed by atoms with Gasteiger partial charge in [0.2, 0.25) is 0 Å². The molecule has 3 rings (SSSR count). The second-order valence-electron chi connectivity index (χ2n) is 5.55. The van der Waals surface area contributed by atoms with Gasteiger partial charge in [0.05, 0.1) is 7.11 Å². The molecule has 0 saturated carbocycles. The number of carbonyl (C=O) groups excluding carboxylic acids is 2. The molecule has 136 valence electrons. The number of hydrogen-bond donors (Lipinski definition) is 1. The molecule has 0 bridgehead atoms. The molecule has 1 N–H and O–H groups in total. The number of imide groups is 1. The molecule has 6 nitrogen and oxygen atoms in total. The molecule has 0 unspecified atom stereocenters. The Balaban J connectivity index is 1.75. The normalized spacial score (nSPS) is 10.9. The predicted octanol–water partition coefficient (Wildman–Crippen LogP) is 3.42. The van der Waals surface area contributed by atoms with E-state index in [4.69, 9.17) is 20.8 Å². The first-order chi connectivity index (χ1) is 13.0. The smallest absolute Gasteiger partial charge is 0.349 e. The lowest BCUT2D eigenvalue weighted by Gasteiger charge is -2.03. The summed E-state index contributed by atoms with van der Waals surface area (Å²) in [6, 6.07) is 13.0. The summed E-state index contributed by atoms with van der Waals surface area (Å²) in [4.78, 5) is 36.2. The number of benzene rings is 2. The van der Waals surface area contributed by atoms with E-state index in [2.05, 4.69) is 5.32 Å². The first-order valence-electron chi connectivity index (χ1n) is 7.87. The molecule has 27 heavy (non-hydrogen) atoms. The van der Waals surface area contributed by atoms with Gasteiger partial charge in [0.1, 0.15) is 16.9 Å². The van der Waals surface area contributed by atoms with Crippen LogP contribution in [0.3, 0.4) is 0 Å². The van der Waals surface area contributed by atoms with Crippen LogP contribution in [-0.4, -0.2) is 18.9 Å². The van der Waals surface area contributed by atoms with Gasteiger partial charge in [0, 0.05) is 16.5 Å². The molecule has 0 aliphatic heterocycles. The van der Waals surface area contributed by atoms with Crippen molar-refractivity contribution in [2.75, 3.05) is 7.11 Å². The van der Waals surface area contributed by atoms with Gasteiger partial charge < -0.3 is 9.15 Å². The molecule has 0 saturated heterocycles. The summed E-state index contributed by atoms with van der Waals surface area (Å²) in [6.45, 7) is 0. The number of methoxy groups -OCH3 is 1. The topological polar surface area (TPSA) is 85.6 Å². The van der Waals surface area contributed by atoms with Gasteiger partial charge in [-0.2, -0.15) is 0 Å².